The molecule has 0 aromatic carbocycles. The molecule has 1 rings (SSSR count). The molecule has 0 N–H and O–H groups in total. The van der Waals surface area contributed by atoms with Gasteiger partial charge in [-0.3, -0.25) is 0 Å². The molecule has 0 radical (unpaired) electrons. The third-order valence-corrected chi connectivity index (χ3v) is 2.33. The Labute approximate surface area is 96.6 Å². The molecular weight excluding hydrogens is 208 g/mol. The predicted molar refractivity (Wildman–Crippen MR) is 59.6 cm³/mol. The number of esters is 1. The van der Waals surface area contributed by atoms with Crippen molar-refractivity contribution in [2.45, 2.75) is 45.7 Å². The largest absolute Gasteiger partial charge is 0.428 e. The molecule has 2 unspecified atom stereocenters. The second-order valence-corrected chi connectivity index (χ2v) is 4.88. The van der Waals surface area contributed by atoms with Gasteiger partial charge in [0.25, 0.3) is 0 Å². The maximum Gasteiger partial charge on any atom is 0.332 e. The molecule has 4 nitrogen and oxygen atoms in total. The van der Waals surface area contributed by atoms with Crippen molar-refractivity contribution in [1.82, 2.24) is 0 Å². The van der Waals surface area contributed by atoms with E-state index in [2.05, 4.69) is 20.4 Å². The van der Waals surface area contributed by atoms with Crippen LogP contribution in [0.2, 0.25) is 0 Å². The highest BCUT2D eigenvalue weighted by atomic mass is 16.8. The fraction of sp³-hybridized carbons (Fsp3) is 0.750. The first-order chi connectivity index (χ1) is 7.29. The lowest BCUT2D eigenvalue weighted by molar-refractivity contribution is -0.246. The van der Waals surface area contributed by atoms with Gasteiger partial charge in [-0.25, -0.2) is 4.79 Å². The minimum Gasteiger partial charge on any atom is -0.428 e. The Morgan fingerprint density at radius 3 is 2.69 bits per heavy atom. The van der Waals surface area contributed by atoms with Crippen LogP contribution in [0.15, 0.2) is 12.7 Å². The summed E-state index contributed by atoms with van der Waals surface area (Å²) in [5.74, 6) is -1.73. The number of hydrogen-bond acceptors (Lipinski definition) is 4. The van der Waals surface area contributed by atoms with Gasteiger partial charge < -0.3 is 14.2 Å². The summed E-state index contributed by atoms with van der Waals surface area (Å²) in [6.07, 6.45) is 1.88. The summed E-state index contributed by atoms with van der Waals surface area (Å²) in [7, 11) is 0. The molecule has 0 bridgehead atoms. The fourth-order valence-corrected chi connectivity index (χ4v) is 1.95. The molecule has 0 amide bonds. The molecule has 92 valence electrons. The van der Waals surface area contributed by atoms with E-state index in [0.29, 0.717) is 5.92 Å². The molecule has 0 aromatic heterocycles. The van der Waals surface area contributed by atoms with Crippen LogP contribution in [0.4, 0.5) is 0 Å². The standard InChI is InChI=1S/C12H20O4/c1-6-10(13)15-12(5)8-14-11(4,16-12)7-9(2)3/h6,9H,1,7-8H2,2-5H3. The van der Waals surface area contributed by atoms with Crippen LogP contribution < -0.4 is 0 Å². The highest BCUT2D eigenvalue weighted by Gasteiger charge is 2.47. The van der Waals surface area contributed by atoms with E-state index in [9.17, 15) is 4.79 Å². The topological polar surface area (TPSA) is 44.8 Å². The minimum atomic E-state index is -1.01. The van der Waals surface area contributed by atoms with Crippen LogP contribution in [0.25, 0.3) is 0 Å². The molecule has 4 heteroatoms. The molecular formula is C12H20O4. The summed E-state index contributed by atoms with van der Waals surface area (Å²) in [6.45, 7) is 11.3. The zero-order valence-electron chi connectivity index (χ0n) is 10.4. The van der Waals surface area contributed by atoms with E-state index in [4.69, 9.17) is 14.2 Å². The zero-order valence-corrected chi connectivity index (χ0v) is 10.4. The van der Waals surface area contributed by atoms with Crippen LogP contribution in [0.3, 0.4) is 0 Å². The van der Waals surface area contributed by atoms with E-state index < -0.39 is 17.5 Å². The maximum atomic E-state index is 11.1. The monoisotopic (exact) mass is 228 g/mol. The summed E-state index contributed by atoms with van der Waals surface area (Å²) >= 11 is 0. The number of hydrogen-bond donors (Lipinski definition) is 0. The predicted octanol–water partition coefficient (Wildman–Crippen LogP) is 2.24. The van der Waals surface area contributed by atoms with Crippen LogP contribution >= 0.6 is 0 Å². The Kier molecular flexibility index (Phi) is 3.76. The number of rotatable bonds is 4. The summed E-state index contributed by atoms with van der Waals surface area (Å²) in [6, 6.07) is 0. The van der Waals surface area contributed by atoms with Crippen molar-refractivity contribution in [3.05, 3.63) is 12.7 Å². The summed E-state index contributed by atoms with van der Waals surface area (Å²) in [4.78, 5) is 11.1. The molecule has 1 heterocycles. The van der Waals surface area contributed by atoms with E-state index in [1.807, 2.05) is 6.92 Å². The van der Waals surface area contributed by atoms with Gasteiger partial charge in [0.2, 0.25) is 5.79 Å². The fourth-order valence-electron chi connectivity index (χ4n) is 1.95. The van der Waals surface area contributed by atoms with Crippen molar-refractivity contribution in [2.24, 2.45) is 5.92 Å². The van der Waals surface area contributed by atoms with Gasteiger partial charge >= 0.3 is 5.97 Å². The van der Waals surface area contributed by atoms with Crippen LogP contribution in [-0.4, -0.2) is 24.2 Å². The average Bonchev–Trinajstić information content (AvgIpc) is 2.40. The van der Waals surface area contributed by atoms with Gasteiger partial charge in [-0.1, -0.05) is 20.4 Å². The highest BCUT2D eigenvalue weighted by molar-refractivity contribution is 5.81. The van der Waals surface area contributed by atoms with Gasteiger partial charge in [0.15, 0.2) is 5.79 Å². The Hall–Kier alpha value is -0.870. The average molecular weight is 228 g/mol. The van der Waals surface area contributed by atoms with Crippen LogP contribution in [-0.2, 0) is 19.0 Å². The van der Waals surface area contributed by atoms with Crippen molar-refractivity contribution in [3.8, 4) is 0 Å². The molecule has 2 atom stereocenters. The van der Waals surface area contributed by atoms with Gasteiger partial charge in [-0.05, 0) is 12.8 Å². The summed E-state index contributed by atoms with van der Waals surface area (Å²) < 4.78 is 16.4. The molecule has 1 aliphatic rings. The Morgan fingerprint density at radius 1 is 1.56 bits per heavy atom. The number of carbonyl (C=O) groups is 1. The molecule has 16 heavy (non-hydrogen) atoms. The zero-order chi connectivity index (χ0) is 12.4. The lowest BCUT2D eigenvalue weighted by Crippen LogP contribution is -2.37. The molecule has 1 fully saturated rings. The lowest BCUT2D eigenvalue weighted by atomic mass is 10.0. The molecule has 1 saturated heterocycles. The van der Waals surface area contributed by atoms with Crippen LogP contribution in [0.1, 0.15) is 34.1 Å². The van der Waals surface area contributed by atoms with Crippen molar-refractivity contribution in [2.75, 3.05) is 6.61 Å². The lowest BCUT2D eigenvalue weighted by Gasteiger charge is -2.28. The molecule has 0 saturated carbocycles. The normalized spacial score (nSPS) is 34.1. The van der Waals surface area contributed by atoms with Gasteiger partial charge in [-0.2, -0.15) is 0 Å². The molecule has 1 aliphatic heterocycles. The SMILES string of the molecule is C=CC(=O)OC1(C)COC(C)(CC(C)C)O1. The smallest absolute Gasteiger partial charge is 0.332 e. The van der Waals surface area contributed by atoms with E-state index in [1.54, 1.807) is 6.92 Å². The Bertz CT molecular complexity index is 287. The molecule has 0 aromatic rings. The third kappa shape index (κ3) is 3.32. The second-order valence-electron chi connectivity index (χ2n) is 4.88. The first kappa shape index (κ1) is 13.2. The number of ether oxygens (including phenoxy) is 3. The van der Waals surface area contributed by atoms with Gasteiger partial charge in [0.05, 0.1) is 0 Å². The van der Waals surface area contributed by atoms with Crippen LogP contribution in [0.5, 0.6) is 0 Å². The first-order valence-corrected chi connectivity index (χ1v) is 5.48. The molecule has 0 spiro atoms. The second kappa shape index (κ2) is 4.55. The van der Waals surface area contributed by atoms with E-state index in [-0.39, 0.29) is 6.61 Å². The Morgan fingerprint density at radius 2 is 2.19 bits per heavy atom. The summed E-state index contributed by atoms with van der Waals surface area (Å²) in [5.41, 5.74) is 0. The minimum absolute atomic E-state index is 0.246. The Balaban J connectivity index is 2.62. The maximum absolute atomic E-state index is 11.1. The quantitative estimate of drug-likeness (QED) is 0.547. The van der Waals surface area contributed by atoms with E-state index in [1.165, 1.54) is 0 Å². The van der Waals surface area contributed by atoms with Crippen molar-refractivity contribution in [3.63, 3.8) is 0 Å². The van der Waals surface area contributed by atoms with Gasteiger partial charge in [0.1, 0.15) is 6.61 Å². The van der Waals surface area contributed by atoms with Crippen molar-refractivity contribution < 1.29 is 19.0 Å². The van der Waals surface area contributed by atoms with E-state index in [0.717, 1.165) is 12.5 Å². The highest BCUT2D eigenvalue weighted by Crippen LogP contribution is 2.36. The summed E-state index contributed by atoms with van der Waals surface area (Å²) in [5, 5.41) is 0. The van der Waals surface area contributed by atoms with Gasteiger partial charge in [0, 0.05) is 19.4 Å². The van der Waals surface area contributed by atoms with Gasteiger partial charge in [-0.15, -0.1) is 0 Å². The molecule has 0 aliphatic carbocycles. The van der Waals surface area contributed by atoms with Crippen molar-refractivity contribution >= 4 is 5.97 Å². The first-order valence-electron chi connectivity index (χ1n) is 5.48. The van der Waals surface area contributed by atoms with Crippen molar-refractivity contribution in [1.29, 1.82) is 0 Å². The third-order valence-electron chi connectivity index (χ3n) is 2.33. The van der Waals surface area contributed by atoms with E-state index >= 15 is 0 Å². The van der Waals surface area contributed by atoms with Crippen LogP contribution in [0, 0.1) is 5.92 Å². The number of carbonyl (C=O) groups excluding carboxylic acids is 1.